The first kappa shape index (κ1) is 35.8. The van der Waals surface area contributed by atoms with E-state index in [1.165, 1.54) is 101 Å². The Morgan fingerprint density at radius 2 is 1.44 bits per heavy atom. The third-order valence-electron chi connectivity index (χ3n) is 10.9. The van der Waals surface area contributed by atoms with E-state index in [1.54, 1.807) is 21.0 Å². The van der Waals surface area contributed by atoms with Gasteiger partial charge in [-0.3, -0.25) is 9.59 Å². The number of nitrogens with zero attached hydrogens (tertiary/aromatic N) is 1. The van der Waals surface area contributed by atoms with Crippen LogP contribution in [0.4, 0.5) is 5.69 Å². The van der Waals surface area contributed by atoms with Crippen molar-refractivity contribution in [1.82, 2.24) is 0 Å². The lowest BCUT2D eigenvalue weighted by molar-refractivity contribution is 0.0926. The number of hydrogen-bond acceptors (Lipinski definition) is 6. The van der Waals surface area contributed by atoms with Gasteiger partial charge in [-0.25, -0.2) is 4.90 Å². The second-order valence-corrected chi connectivity index (χ2v) is 23.0. The molecule has 8 heteroatoms. The minimum absolute atomic E-state index is 0.179. The molecule has 50 heavy (non-hydrogen) atoms. The van der Waals surface area contributed by atoms with Crippen molar-refractivity contribution in [2.24, 2.45) is 5.92 Å². The molecule has 2 amide bonds. The Hall–Kier alpha value is -2.62. The minimum atomic E-state index is -2.28. The third-order valence-corrected chi connectivity index (χ3v) is 21.9. The van der Waals surface area contributed by atoms with Crippen LogP contribution in [0, 0.1) is 19.8 Å². The summed E-state index contributed by atoms with van der Waals surface area (Å²) in [6.45, 7) is 11.2. The van der Waals surface area contributed by atoms with Crippen molar-refractivity contribution in [3.63, 3.8) is 0 Å². The van der Waals surface area contributed by atoms with Crippen LogP contribution in [-0.2, 0) is 6.42 Å². The van der Waals surface area contributed by atoms with Gasteiger partial charge in [0.25, 0.3) is 11.8 Å². The van der Waals surface area contributed by atoms with E-state index in [9.17, 15) is 9.59 Å². The van der Waals surface area contributed by atoms with Gasteiger partial charge >= 0.3 is 0 Å². The lowest BCUT2D eigenvalue weighted by Crippen LogP contribution is -2.64. The average molecular weight is 756 g/mol. The summed E-state index contributed by atoms with van der Waals surface area (Å²) in [5, 5.41) is 5.40. The molecule has 2 aliphatic rings. The molecular formula is C42H49NO2S4Si. The molecule has 7 rings (SSSR count). The van der Waals surface area contributed by atoms with E-state index in [0.29, 0.717) is 22.7 Å². The molecule has 2 aliphatic heterocycles. The largest absolute Gasteiger partial charge is 0.268 e. The van der Waals surface area contributed by atoms with Crippen LogP contribution in [0.5, 0.6) is 0 Å². The summed E-state index contributed by atoms with van der Waals surface area (Å²) >= 11 is 7.36. The zero-order valence-electron chi connectivity index (χ0n) is 30.2. The number of carbonyl (C=O) groups excluding carboxylic acids is 2. The Morgan fingerprint density at radius 3 is 2.16 bits per heavy atom. The summed E-state index contributed by atoms with van der Waals surface area (Å²) < 4.78 is 1.56. The van der Waals surface area contributed by atoms with Gasteiger partial charge in [-0.1, -0.05) is 103 Å². The van der Waals surface area contributed by atoms with Gasteiger partial charge < -0.3 is 0 Å². The maximum atomic E-state index is 14.3. The molecule has 0 fully saturated rings. The summed E-state index contributed by atoms with van der Waals surface area (Å²) in [5.41, 5.74) is 3.14. The Labute approximate surface area is 315 Å². The van der Waals surface area contributed by atoms with Gasteiger partial charge in [-0.2, -0.15) is 11.3 Å². The lowest BCUT2D eigenvalue weighted by Gasteiger charge is -2.31. The zero-order valence-corrected chi connectivity index (χ0v) is 34.4. The number of hydrogen-bond donors (Lipinski definition) is 0. The normalized spacial score (nSPS) is 17.1. The standard InChI is InChI=1S/C42H49NO2S4Si/c1-6-9-11-12-13-14-17-30-19-21-31(22-20-30)43-41(44)36-28(5)48-38(37(36)42(43)45)32-25-34-40(49-32)39-33(24-27(4)47-39)50(34,35-18-15-23-46-35)26-29(8-3)16-10-7-2/h15,18-25,29H,6-14,16-17,26H2,1-5H3. The quantitative estimate of drug-likeness (QED) is 0.0571. The van der Waals surface area contributed by atoms with Gasteiger partial charge in [0.15, 0.2) is 8.07 Å². The molecule has 0 N–H and O–H groups in total. The average Bonchev–Trinajstić information content (AvgIpc) is 3.96. The molecule has 0 saturated heterocycles. The summed E-state index contributed by atoms with van der Waals surface area (Å²) in [4.78, 5) is 37.0. The highest BCUT2D eigenvalue weighted by atomic mass is 32.1. The second-order valence-electron chi connectivity index (χ2n) is 14.3. The number of fused-ring (bicyclic) bond motifs is 4. The number of amides is 2. The van der Waals surface area contributed by atoms with Crippen molar-refractivity contribution < 1.29 is 9.59 Å². The van der Waals surface area contributed by atoms with Crippen molar-refractivity contribution in [2.45, 2.75) is 111 Å². The van der Waals surface area contributed by atoms with E-state index in [4.69, 9.17) is 0 Å². The molecule has 0 aliphatic carbocycles. The maximum Gasteiger partial charge on any atom is 0.267 e. The monoisotopic (exact) mass is 755 g/mol. The van der Waals surface area contributed by atoms with Crippen LogP contribution >= 0.6 is 45.3 Å². The Morgan fingerprint density at radius 1 is 0.740 bits per heavy atom. The molecule has 1 aromatic carbocycles. The number of benzene rings is 1. The predicted octanol–water partition coefficient (Wildman–Crippen LogP) is 11.6. The SMILES string of the molecule is CCCCCCCCc1ccc(N2C(=O)c3c(C)sc(-c4cc5c(s4)-c4sc(C)cc4[Si]5(CC(CC)CCCC)c4cccs4)c3C2=O)cc1. The molecule has 2 unspecified atom stereocenters. The van der Waals surface area contributed by atoms with E-state index in [-0.39, 0.29) is 11.8 Å². The fourth-order valence-corrected chi connectivity index (χ4v) is 20.9. The summed E-state index contributed by atoms with van der Waals surface area (Å²) in [7, 11) is -2.28. The molecule has 2 atom stereocenters. The zero-order chi connectivity index (χ0) is 35.0. The van der Waals surface area contributed by atoms with Crippen molar-refractivity contribution in [2.75, 3.05) is 4.90 Å². The minimum Gasteiger partial charge on any atom is -0.268 e. The summed E-state index contributed by atoms with van der Waals surface area (Å²) in [6, 6.07) is 19.0. The molecule has 5 aromatic rings. The number of anilines is 1. The van der Waals surface area contributed by atoms with Crippen LogP contribution in [0.2, 0.25) is 6.04 Å². The molecule has 6 heterocycles. The molecule has 0 radical (unpaired) electrons. The van der Waals surface area contributed by atoms with E-state index in [0.717, 1.165) is 21.1 Å². The van der Waals surface area contributed by atoms with Crippen LogP contribution in [0.15, 0.2) is 53.9 Å². The number of rotatable bonds is 16. The van der Waals surface area contributed by atoms with Gasteiger partial charge in [-0.05, 0) is 84.2 Å². The third kappa shape index (κ3) is 6.27. The van der Waals surface area contributed by atoms with Gasteiger partial charge in [0.05, 0.1) is 21.7 Å². The smallest absolute Gasteiger partial charge is 0.267 e. The predicted molar refractivity (Wildman–Crippen MR) is 222 cm³/mol. The molecule has 0 spiro atoms. The van der Waals surface area contributed by atoms with Crippen LogP contribution < -0.4 is 19.8 Å². The molecular weight excluding hydrogens is 707 g/mol. The van der Waals surface area contributed by atoms with E-state index in [1.807, 2.05) is 53.1 Å². The van der Waals surface area contributed by atoms with Crippen LogP contribution in [0.1, 0.15) is 121 Å². The van der Waals surface area contributed by atoms with Crippen molar-refractivity contribution >= 4 is 85.8 Å². The van der Waals surface area contributed by atoms with Crippen molar-refractivity contribution in [1.29, 1.82) is 0 Å². The Bertz CT molecular complexity index is 1980. The van der Waals surface area contributed by atoms with Crippen LogP contribution in [-0.4, -0.2) is 19.9 Å². The Balaban J connectivity index is 1.23. The highest BCUT2D eigenvalue weighted by Gasteiger charge is 2.51. The van der Waals surface area contributed by atoms with Crippen LogP contribution in [0.3, 0.4) is 0 Å². The van der Waals surface area contributed by atoms with Crippen molar-refractivity contribution in [3.8, 4) is 19.5 Å². The Kier molecular flexibility index (Phi) is 10.8. The highest BCUT2D eigenvalue weighted by Crippen LogP contribution is 2.49. The number of imide groups is 1. The van der Waals surface area contributed by atoms with E-state index in [2.05, 4.69) is 69.5 Å². The van der Waals surface area contributed by atoms with E-state index >= 15 is 0 Å². The summed E-state index contributed by atoms with van der Waals surface area (Å²) in [5.74, 6) is 0.323. The number of thiophene rings is 4. The molecule has 4 aromatic heterocycles. The van der Waals surface area contributed by atoms with Gasteiger partial charge in [0, 0.05) is 28.9 Å². The topological polar surface area (TPSA) is 37.4 Å². The fraction of sp³-hybridized carbons (Fsp3) is 0.429. The van der Waals surface area contributed by atoms with Crippen LogP contribution in [0.25, 0.3) is 19.5 Å². The number of aryl methyl sites for hydroxylation is 3. The first-order chi connectivity index (χ1) is 24.3. The fourth-order valence-electron chi connectivity index (χ4n) is 8.27. The first-order valence-electron chi connectivity index (χ1n) is 18.7. The molecule has 3 nitrogen and oxygen atoms in total. The lowest BCUT2D eigenvalue weighted by atomic mass is 10.0. The van der Waals surface area contributed by atoms with E-state index < -0.39 is 8.07 Å². The van der Waals surface area contributed by atoms with Crippen molar-refractivity contribution in [3.05, 3.63) is 80.4 Å². The second kappa shape index (κ2) is 15.2. The van der Waals surface area contributed by atoms with Gasteiger partial charge in [-0.15, -0.1) is 34.0 Å². The first-order valence-corrected chi connectivity index (χ1v) is 24.3. The molecule has 0 saturated carbocycles. The maximum absolute atomic E-state index is 14.3. The number of carbonyl (C=O) groups is 2. The summed E-state index contributed by atoms with van der Waals surface area (Å²) in [6.07, 6.45) is 13.7. The highest BCUT2D eigenvalue weighted by molar-refractivity contribution is 7.38. The molecule has 262 valence electrons. The van der Waals surface area contributed by atoms with Gasteiger partial charge in [0.1, 0.15) is 0 Å². The molecule has 0 bridgehead atoms. The van der Waals surface area contributed by atoms with Gasteiger partial charge in [0.2, 0.25) is 0 Å². The number of unbranched alkanes of at least 4 members (excludes halogenated alkanes) is 6.